The predicted octanol–water partition coefficient (Wildman–Crippen LogP) is 5.47. The Balaban J connectivity index is 0.00000133. The van der Waals surface area contributed by atoms with E-state index in [0.717, 1.165) is 17.2 Å². The summed E-state index contributed by atoms with van der Waals surface area (Å²) >= 11 is 0. The summed E-state index contributed by atoms with van der Waals surface area (Å²) < 4.78 is 23.5. The zero-order valence-corrected chi connectivity index (χ0v) is 17.3. The number of carbonyl (C=O) groups is 2. The zero-order chi connectivity index (χ0) is 21.7. The van der Waals surface area contributed by atoms with Crippen LogP contribution in [0.3, 0.4) is 0 Å². The molecular formula is C22H28FNO4. The Morgan fingerprint density at radius 2 is 1.93 bits per heavy atom. The first kappa shape index (κ1) is 25.1. The molecule has 2 aromatic rings. The van der Waals surface area contributed by atoms with Crippen molar-refractivity contribution in [2.75, 3.05) is 19.2 Å². The van der Waals surface area contributed by atoms with Crippen molar-refractivity contribution in [2.24, 2.45) is 0 Å². The van der Waals surface area contributed by atoms with Crippen molar-refractivity contribution in [3.05, 3.63) is 41.2 Å². The van der Waals surface area contributed by atoms with Crippen LogP contribution in [-0.2, 0) is 14.3 Å². The fraction of sp³-hybridized carbons (Fsp3) is 0.364. The Hall–Kier alpha value is -2.91. The van der Waals surface area contributed by atoms with Crippen molar-refractivity contribution in [1.29, 1.82) is 0 Å². The molecule has 0 aromatic heterocycles. The number of nitrogens with one attached hydrogen (secondary N) is 1. The van der Waals surface area contributed by atoms with Crippen LogP contribution in [0, 0.1) is 18.2 Å². The van der Waals surface area contributed by atoms with Gasteiger partial charge in [-0.25, -0.2) is 9.18 Å². The molecule has 0 aliphatic carbocycles. The van der Waals surface area contributed by atoms with E-state index in [1.165, 1.54) is 20.1 Å². The van der Waals surface area contributed by atoms with Crippen LogP contribution in [0.2, 0.25) is 0 Å². The number of halogens is 1. The van der Waals surface area contributed by atoms with Gasteiger partial charge in [0.1, 0.15) is 12.1 Å². The molecule has 0 heterocycles. The molecule has 152 valence electrons. The Morgan fingerprint density at radius 1 is 1.32 bits per heavy atom. The summed E-state index contributed by atoms with van der Waals surface area (Å²) in [7, 11) is 1.43. The highest BCUT2D eigenvalue weighted by atomic mass is 19.1. The van der Waals surface area contributed by atoms with Crippen LogP contribution in [0.25, 0.3) is 10.8 Å². The SMILES string of the molecule is C#Cc1c(F)ccc2cc(NC(=O)OCOC)cc(C(C)C)c12.CC.CC=O. The van der Waals surface area contributed by atoms with Crippen LogP contribution in [0.15, 0.2) is 24.3 Å². The molecule has 0 aliphatic heterocycles. The standard InChI is InChI=1S/C18H18FNO3.C2H4O.C2H6/c1-5-14-16(19)7-6-12-8-13(20-18(21)23-10-22-4)9-15(11(2)3)17(12)14;1-2-3;1-2/h1,6-9,11H,10H2,2-4H3,(H,20,21);2H,1H3;1-2H3. The van der Waals surface area contributed by atoms with Crippen LogP contribution in [0.5, 0.6) is 0 Å². The van der Waals surface area contributed by atoms with Gasteiger partial charge in [-0.1, -0.05) is 39.7 Å². The van der Waals surface area contributed by atoms with E-state index < -0.39 is 11.9 Å². The van der Waals surface area contributed by atoms with E-state index in [1.54, 1.807) is 18.2 Å². The molecular weight excluding hydrogens is 361 g/mol. The van der Waals surface area contributed by atoms with Gasteiger partial charge in [-0.3, -0.25) is 5.32 Å². The Labute approximate surface area is 166 Å². The molecule has 0 radical (unpaired) electrons. The van der Waals surface area contributed by atoms with E-state index in [2.05, 4.69) is 16.0 Å². The number of carbonyl (C=O) groups excluding carboxylic acids is 2. The van der Waals surface area contributed by atoms with Crippen LogP contribution in [0.4, 0.5) is 14.9 Å². The summed E-state index contributed by atoms with van der Waals surface area (Å²) in [6, 6.07) is 6.48. The van der Waals surface area contributed by atoms with Gasteiger partial charge < -0.3 is 14.3 Å². The van der Waals surface area contributed by atoms with Crippen molar-refractivity contribution >= 4 is 28.8 Å². The van der Waals surface area contributed by atoms with Gasteiger partial charge in [0.05, 0.1) is 5.56 Å². The monoisotopic (exact) mass is 389 g/mol. The Morgan fingerprint density at radius 3 is 2.43 bits per heavy atom. The maximum absolute atomic E-state index is 14.0. The van der Waals surface area contributed by atoms with E-state index in [9.17, 15) is 9.18 Å². The summed E-state index contributed by atoms with van der Waals surface area (Å²) in [4.78, 5) is 20.5. The molecule has 0 atom stereocenters. The van der Waals surface area contributed by atoms with Gasteiger partial charge in [-0.05, 0) is 42.0 Å². The Kier molecular flexibility index (Phi) is 11.9. The lowest BCUT2D eigenvalue weighted by Gasteiger charge is -2.15. The summed E-state index contributed by atoms with van der Waals surface area (Å²) in [5, 5.41) is 4.08. The number of aldehydes is 1. The van der Waals surface area contributed by atoms with E-state index in [1.807, 2.05) is 27.7 Å². The summed E-state index contributed by atoms with van der Waals surface area (Å²) in [5.74, 6) is 2.09. The number of methoxy groups -OCH3 is 1. The second-order valence-corrected chi connectivity index (χ2v) is 5.58. The maximum Gasteiger partial charge on any atom is 0.413 e. The number of benzene rings is 2. The predicted molar refractivity (Wildman–Crippen MR) is 111 cm³/mol. The third-order valence-corrected chi connectivity index (χ3v) is 3.42. The summed E-state index contributed by atoms with van der Waals surface area (Å²) in [6.07, 6.45) is 5.59. The molecule has 0 fully saturated rings. The van der Waals surface area contributed by atoms with Crippen molar-refractivity contribution in [3.63, 3.8) is 0 Å². The first-order valence-corrected chi connectivity index (χ1v) is 8.94. The molecule has 6 heteroatoms. The van der Waals surface area contributed by atoms with Crippen LogP contribution in [0.1, 0.15) is 51.7 Å². The van der Waals surface area contributed by atoms with Gasteiger partial charge >= 0.3 is 6.09 Å². The zero-order valence-electron chi connectivity index (χ0n) is 17.3. The molecule has 2 aromatic carbocycles. The molecule has 0 saturated carbocycles. The number of rotatable bonds is 4. The first-order valence-electron chi connectivity index (χ1n) is 8.94. The van der Waals surface area contributed by atoms with Crippen LogP contribution < -0.4 is 5.32 Å². The average Bonchev–Trinajstić information content (AvgIpc) is 2.68. The third-order valence-electron chi connectivity index (χ3n) is 3.42. The third kappa shape index (κ3) is 7.01. The number of fused-ring (bicyclic) bond motifs is 1. The molecule has 2 rings (SSSR count). The van der Waals surface area contributed by atoms with Crippen molar-refractivity contribution in [2.45, 2.75) is 40.5 Å². The molecule has 1 amide bonds. The fourth-order valence-corrected chi connectivity index (χ4v) is 2.41. The molecule has 1 N–H and O–H groups in total. The molecule has 0 spiro atoms. The van der Waals surface area contributed by atoms with E-state index in [-0.39, 0.29) is 18.3 Å². The topological polar surface area (TPSA) is 64.6 Å². The van der Waals surface area contributed by atoms with Gasteiger partial charge in [-0.2, -0.15) is 0 Å². The number of amides is 1. The summed E-state index contributed by atoms with van der Waals surface area (Å²) in [6.45, 7) is 9.27. The molecule has 0 bridgehead atoms. The van der Waals surface area contributed by atoms with Gasteiger partial charge in [-0.15, -0.1) is 6.42 Å². The van der Waals surface area contributed by atoms with Crippen molar-refractivity contribution in [1.82, 2.24) is 0 Å². The number of terminal acetylenes is 1. The minimum atomic E-state index is -0.625. The second-order valence-electron chi connectivity index (χ2n) is 5.58. The van der Waals surface area contributed by atoms with E-state index >= 15 is 0 Å². The highest BCUT2D eigenvalue weighted by Gasteiger charge is 2.15. The minimum absolute atomic E-state index is 0.100. The molecule has 0 unspecified atom stereocenters. The molecule has 28 heavy (non-hydrogen) atoms. The minimum Gasteiger partial charge on any atom is -0.422 e. The van der Waals surface area contributed by atoms with Gasteiger partial charge in [0.15, 0.2) is 6.79 Å². The van der Waals surface area contributed by atoms with Gasteiger partial charge in [0.2, 0.25) is 0 Å². The lowest BCUT2D eigenvalue weighted by Crippen LogP contribution is -2.15. The second kappa shape index (κ2) is 13.3. The molecule has 5 nitrogen and oxygen atoms in total. The van der Waals surface area contributed by atoms with Gasteiger partial charge in [0.25, 0.3) is 0 Å². The number of hydrogen-bond acceptors (Lipinski definition) is 4. The normalized spacial score (nSPS) is 9.39. The van der Waals surface area contributed by atoms with E-state index in [4.69, 9.17) is 16.0 Å². The maximum atomic E-state index is 14.0. The highest BCUT2D eigenvalue weighted by Crippen LogP contribution is 2.32. The highest BCUT2D eigenvalue weighted by molar-refractivity contribution is 5.96. The van der Waals surface area contributed by atoms with Crippen molar-refractivity contribution in [3.8, 4) is 12.3 Å². The Bertz CT molecular complexity index is 825. The smallest absolute Gasteiger partial charge is 0.413 e. The molecule has 0 saturated heterocycles. The quantitative estimate of drug-likeness (QED) is 0.428. The first-order chi connectivity index (χ1) is 13.4. The van der Waals surface area contributed by atoms with Crippen LogP contribution >= 0.6 is 0 Å². The fourth-order valence-electron chi connectivity index (χ4n) is 2.41. The molecule has 0 aliphatic rings. The number of ether oxygens (including phenoxy) is 2. The van der Waals surface area contributed by atoms with E-state index in [0.29, 0.717) is 11.1 Å². The van der Waals surface area contributed by atoms with Gasteiger partial charge in [0, 0.05) is 18.2 Å². The lowest BCUT2D eigenvalue weighted by molar-refractivity contribution is -0.106. The van der Waals surface area contributed by atoms with Crippen molar-refractivity contribution < 1.29 is 23.5 Å². The average molecular weight is 389 g/mol. The summed E-state index contributed by atoms with van der Waals surface area (Å²) in [5.41, 5.74) is 1.65. The lowest BCUT2D eigenvalue weighted by atomic mass is 9.92. The number of hydrogen-bond donors (Lipinski definition) is 1. The number of anilines is 1. The largest absolute Gasteiger partial charge is 0.422 e. The van der Waals surface area contributed by atoms with Crippen LogP contribution in [-0.4, -0.2) is 26.3 Å².